The van der Waals surface area contributed by atoms with Crippen LogP contribution in [-0.2, 0) is 16.2 Å². The summed E-state index contributed by atoms with van der Waals surface area (Å²) in [5.41, 5.74) is 1.81. The quantitative estimate of drug-likeness (QED) is 0.800. The lowest BCUT2D eigenvalue weighted by atomic mass is 10.1. The van der Waals surface area contributed by atoms with Crippen LogP contribution in [0.5, 0.6) is 0 Å². The molecule has 0 heterocycles. The molecule has 3 N–H and O–H groups in total. The topological polar surface area (TPSA) is 89.3 Å². The molecular weight excluding hydrogens is 371 g/mol. The first-order valence-corrected chi connectivity index (χ1v) is 7.89. The first-order chi connectivity index (χ1) is 11.4. The molecule has 134 valence electrons. The lowest BCUT2D eigenvalue weighted by molar-refractivity contribution is -0.137. The van der Waals surface area contributed by atoms with Crippen molar-refractivity contribution in [2.75, 3.05) is 4.72 Å². The van der Waals surface area contributed by atoms with Gasteiger partial charge in [0, 0.05) is 0 Å². The van der Waals surface area contributed by atoms with E-state index in [1.165, 1.54) is 0 Å². The predicted molar refractivity (Wildman–Crippen MR) is 77.1 cm³/mol. The minimum atomic E-state index is -4.66. The second-order valence-electron chi connectivity index (χ2n) is 4.78. The van der Waals surface area contributed by atoms with Gasteiger partial charge < -0.3 is 5.73 Å². The maximum Gasteiger partial charge on any atom is 0.416 e. The van der Waals surface area contributed by atoms with Gasteiger partial charge in [-0.2, -0.15) is 13.2 Å². The molecule has 5 nitrogen and oxygen atoms in total. The Morgan fingerprint density at radius 2 is 1.56 bits per heavy atom. The number of carbonyl (C=O) groups excluding carboxylic acids is 1. The lowest BCUT2D eigenvalue weighted by Crippen LogP contribution is -2.19. The lowest BCUT2D eigenvalue weighted by Gasteiger charge is -2.12. The van der Waals surface area contributed by atoms with E-state index < -0.39 is 55.5 Å². The molecule has 0 aliphatic carbocycles. The van der Waals surface area contributed by atoms with Gasteiger partial charge in [-0.05, 0) is 36.4 Å². The number of carbonyl (C=O) groups is 1. The molecule has 0 saturated heterocycles. The Morgan fingerprint density at radius 3 is 2.04 bits per heavy atom. The summed E-state index contributed by atoms with van der Waals surface area (Å²) in [5.74, 6) is -4.28. The Bertz CT molecular complexity index is 925. The Labute approximate surface area is 138 Å². The maximum absolute atomic E-state index is 14.0. The summed E-state index contributed by atoms with van der Waals surface area (Å²) >= 11 is 0. The number of primary amides is 1. The van der Waals surface area contributed by atoms with Gasteiger partial charge in [-0.3, -0.25) is 9.52 Å². The second-order valence-corrected chi connectivity index (χ2v) is 6.46. The highest BCUT2D eigenvalue weighted by Gasteiger charge is 2.31. The summed E-state index contributed by atoms with van der Waals surface area (Å²) in [4.78, 5) is 10.4. The third kappa shape index (κ3) is 3.87. The molecule has 0 saturated carbocycles. The fraction of sp³-hybridized carbons (Fsp3) is 0.0714. The summed E-state index contributed by atoms with van der Waals surface area (Å²) in [5, 5.41) is 0. The van der Waals surface area contributed by atoms with Crippen molar-refractivity contribution in [1.82, 2.24) is 0 Å². The van der Waals surface area contributed by atoms with Gasteiger partial charge >= 0.3 is 6.18 Å². The van der Waals surface area contributed by atoms with Crippen LogP contribution in [0.15, 0.2) is 41.3 Å². The number of nitrogens with one attached hydrogen (secondary N) is 1. The predicted octanol–water partition coefficient (Wildman–Crippen LogP) is 2.88. The molecule has 11 heteroatoms. The van der Waals surface area contributed by atoms with Gasteiger partial charge in [0.05, 0.1) is 16.1 Å². The Morgan fingerprint density at radius 1 is 1.00 bits per heavy atom. The molecule has 2 rings (SSSR count). The third-order valence-electron chi connectivity index (χ3n) is 3.07. The van der Waals surface area contributed by atoms with E-state index in [4.69, 9.17) is 5.73 Å². The molecule has 2 aromatic carbocycles. The zero-order valence-electron chi connectivity index (χ0n) is 12.1. The Kier molecular flexibility index (Phi) is 4.71. The van der Waals surface area contributed by atoms with Crippen molar-refractivity contribution in [2.24, 2.45) is 5.73 Å². The monoisotopic (exact) mass is 380 g/mol. The molecule has 0 aliphatic heterocycles. The number of rotatable bonds is 4. The van der Waals surface area contributed by atoms with E-state index >= 15 is 0 Å². The largest absolute Gasteiger partial charge is 0.416 e. The van der Waals surface area contributed by atoms with Gasteiger partial charge in [-0.15, -0.1) is 0 Å². The third-order valence-corrected chi connectivity index (χ3v) is 4.46. The van der Waals surface area contributed by atoms with Crippen molar-refractivity contribution >= 4 is 21.6 Å². The summed E-state index contributed by atoms with van der Waals surface area (Å²) in [7, 11) is -4.49. The van der Waals surface area contributed by atoms with Crippen LogP contribution >= 0.6 is 0 Å². The molecule has 0 aliphatic rings. The highest BCUT2D eigenvalue weighted by molar-refractivity contribution is 7.92. The van der Waals surface area contributed by atoms with E-state index in [9.17, 15) is 35.2 Å². The molecule has 2 aromatic rings. The normalized spacial score (nSPS) is 12.0. The van der Waals surface area contributed by atoms with Crippen molar-refractivity contribution in [1.29, 1.82) is 0 Å². The highest BCUT2D eigenvalue weighted by Crippen LogP contribution is 2.30. The molecule has 0 fully saturated rings. The molecule has 0 radical (unpaired) electrons. The van der Waals surface area contributed by atoms with Crippen LogP contribution in [0.3, 0.4) is 0 Å². The molecule has 0 bridgehead atoms. The molecule has 1 amide bonds. The van der Waals surface area contributed by atoms with Crippen LogP contribution in [0.2, 0.25) is 0 Å². The van der Waals surface area contributed by atoms with E-state index in [2.05, 4.69) is 0 Å². The van der Waals surface area contributed by atoms with Crippen molar-refractivity contribution in [2.45, 2.75) is 11.1 Å². The minimum Gasteiger partial charge on any atom is -0.365 e. The first kappa shape index (κ1) is 18.6. The molecule has 0 unspecified atom stereocenters. The fourth-order valence-electron chi connectivity index (χ4n) is 1.88. The van der Waals surface area contributed by atoms with Crippen molar-refractivity contribution in [3.8, 4) is 0 Å². The highest BCUT2D eigenvalue weighted by atomic mass is 32.2. The average molecular weight is 380 g/mol. The second kappa shape index (κ2) is 6.31. The number of anilines is 1. The molecule has 0 aromatic heterocycles. The van der Waals surface area contributed by atoms with Gasteiger partial charge in [0.1, 0.15) is 11.4 Å². The van der Waals surface area contributed by atoms with Crippen LogP contribution in [0, 0.1) is 11.6 Å². The number of alkyl halides is 3. The SMILES string of the molecule is NC(=O)c1c(F)ccc(NS(=O)(=O)c2ccc(C(F)(F)F)cc2)c1F. The van der Waals surface area contributed by atoms with Crippen LogP contribution in [0.25, 0.3) is 0 Å². The van der Waals surface area contributed by atoms with E-state index in [0.29, 0.717) is 36.4 Å². The zero-order valence-corrected chi connectivity index (χ0v) is 12.9. The van der Waals surface area contributed by atoms with Gasteiger partial charge in [-0.1, -0.05) is 0 Å². The Balaban J connectivity index is 2.40. The maximum atomic E-state index is 14.0. The standard InChI is InChI=1S/C14H9F5N2O3S/c15-9-5-6-10(12(16)11(9)13(20)22)21-25(23,24)8-3-1-7(2-4-8)14(17,18)19/h1-6,21H,(H2,20,22). The van der Waals surface area contributed by atoms with Gasteiger partial charge in [-0.25, -0.2) is 17.2 Å². The number of sulfonamides is 1. The summed E-state index contributed by atoms with van der Waals surface area (Å²) < 4.78 is 90.8. The number of benzene rings is 2. The van der Waals surface area contributed by atoms with Crippen LogP contribution in [0.4, 0.5) is 27.6 Å². The smallest absolute Gasteiger partial charge is 0.365 e. The molecule has 0 spiro atoms. The number of halogens is 5. The van der Waals surface area contributed by atoms with Crippen molar-refractivity contribution in [3.63, 3.8) is 0 Å². The van der Waals surface area contributed by atoms with E-state index in [-0.39, 0.29) is 0 Å². The van der Waals surface area contributed by atoms with Crippen LogP contribution in [-0.4, -0.2) is 14.3 Å². The van der Waals surface area contributed by atoms with Gasteiger partial charge in [0.2, 0.25) is 0 Å². The van der Waals surface area contributed by atoms with Crippen LogP contribution in [0.1, 0.15) is 15.9 Å². The van der Waals surface area contributed by atoms with Gasteiger partial charge in [0.25, 0.3) is 15.9 Å². The Hall–Kier alpha value is -2.69. The molecule has 0 atom stereocenters. The summed E-state index contributed by atoms with van der Waals surface area (Å²) in [6.07, 6.45) is -4.66. The van der Waals surface area contributed by atoms with E-state index in [0.717, 1.165) is 0 Å². The van der Waals surface area contributed by atoms with E-state index in [1.807, 2.05) is 0 Å². The van der Waals surface area contributed by atoms with Crippen molar-refractivity contribution in [3.05, 3.63) is 59.2 Å². The van der Waals surface area contributed by atoms with E-state index in [1.54, 1.807) is 4.72 Å². The number of nitrogens with two attached hydrogens (primary N) is 1. The van der Waals surface area contributed by atoms with Crippen LogP contribution < -0.4 is 10.5 Å². The first-order valence-electron chi connectivity index (χ1n) is 6.41. The van der Waals surface area contributed by atoms with Gasteiger partial charge in [0.15, 0.2) is 5.82 Å². The number of amides is 1. The fourth-order valence-corrected chi connectivity index (χ4v) is 2.94. The van der Waals surface area contributed by atoms with Crippen molar-refractivity contribution < 1.29 is 35.2 Å². The molecular formula is C14H9F5N2O3S. The zero-order chi connectivity index (χ0) is 19.0. The molecule has 25 heavy (non-hydrogen) atoms. The summed E-state index contributed by atoms with van der Waals surface area (Å²) in [6.45, 7) is 0. The number of hydrogen-bond donors (Lipinski definition) is 2. The minimum absolute atomic E-state index is 0.532. The average Bonchev–Trinajstić information content (AvgIpc) is 2.49. The summed E-state index contributed by atoms with van der Waals surface area (Å²) in [6, 6.07) is 3.73. The number of hydrogen-bond acceptors (Lipinski definition) is 3.